The highest BCUT2D eigenvalue weighted by Crippen LogP contribution is 2.26. The van der Waals surface area contributed by atoms with Gasteiger partial charge in [-0.15, -0.1) is 0 Å². The van der Waals surface area contributed by atoms with Crippen molar-refractivity contribution < 1.29 is 0 Å². The maximum absolute atomic E-state index is 8.60. The molecule has 0 radical (unpaired) electrons. The third-order valence-electron chi connectivity index (χ3n) is 2.20. The summed E-state index contributed by atoms with van der Waals surface area (Å²) < 4.78 is 0. The molecule has 0 aromatic rings. The second kappa shape index (κ2) is 3.73. The summed E-state index contributed by atoms with van der Waals surface area (Å²) >= 11 is 0. The zero-order chi connectivity index (χ0) is 8.27. The highest BCUT2D eigenvalue weighted by atomic mass is 15.2. The Balaban J connectivity index is 2.26. The van der Waals surface area contributed by atoms with Crippen LogP contribution in [0.25, 0.3) is 0 Å². The molecule has 62 valence electrons. The molecule has 1 atom stereocenters. The minimum atomic E-state index is 0.190. The number of nitriles is 1. The molecule has 0 saturated heterocycles. The van der Waals surface area contributed by atoms with E-state index >= 15 is 0 Å². The summed E-state index contributed by atoms with van der Waals surface area (Å²) in [5, 5.41) is 8.60. The van der Waals surface area contributed by atoms with E-state index in [9.17, 15) is 0 Å². The minimum Gasteiger partial charge on any atom is -0.299 e. The maximum atomic E-state index is 8.60. The van der Waals surface area contributed by atoms with E-state index in [0.717, 1.165) is 19.1 Å². The summed E-state index contributed by atoms with van der Waals surface area (Å²) in [5.41, 5.74) is 0. The Hall–Kier alpha value is -0.550. The molecule has 0 aromatic heterocycles. The van der Waals surface area contributed by atoms with Crippen LogP contribution in [0.1, 0.15) is 26.7 Å². The van der Waals surface area contributed by atoms with Gasteiger partial charge in [0.05, 0.1) is 12.0 Å². The minimum absolute atomic E-state index is 0.190. The Morgan fingerprint density at radius 2 is 2.27 bits per heavy atom. The lowest BCUT2D eigenvalue weighted by atomic mass is 10.2. The summed E-state index contributed by atoms with van der Waals surface area (Å²) in [4.78, 5) is 2.41. The van der Waals surface area contributed by atoms with Gasteiger partial charge in [0, 0.05) is 12.6 Å². The van der Waals surface area contributed by atoms with Gasteiger partial charge in [-0.3, -0.25) is 4.90 Å². The SMILES string of the molecule is CCN(CC(C)C#N)C1CC1. The van der Waals surface area contributed by atoms with Crippen molar-refractivity contribution in [2.24, 2.45) is 5.92 Å². The van der Waals surface area contributed by atoms with E-state index in [1.54, 1.807) is 0 Å². The molecule has 2 nitrogen and oxygen atoms in total. The van der Waals surface area contributed by atoms with Gasteiger partial charge >= 0.3 is 0 Å². The molecule has 1 aliphatic carbocycles. The van der Waals surface area contributed by atoms with Gasteiger partial charge < -0.3 is 0 Å². The molecule has 2 heteroatoms. The average molecular weight is 152 g/mol. The second-order valence-electron chi connectivity index (χ2n) is 3.35. The molecule has 11 heavy (non-hydrogen) atoms. The third kappa shape index (κ3) is 2.51. The largest absolute Gasteiger partial charge is 0.299 e. The Kier molecular flexibility index (Phi) is 2.90. The highest BCUT2D eigenvalue weighted by molar-refractivity contribution is 4.88. The van der Waals surface area contributed by atoms with Crippen molar-refractivity contribution in [3.05, 3.63) is 0 Å². The third-order valence-corrected chi connectivity index (χ3v) is 2.20. The molecule has 0 aliphatic heterocycles. The molecule has 0 amide bonds. The Labute approximate surface area is 68.8 Å². The fraction of sp³-hybridized carbons (Fsp3) is 0.889. The van der Waals surface area contributed by atoms with Crippen LogP contribution in [0.4, 0.5) is 0 Å². The number of hydrogen-bond donors (Lipinski definition) is 0. The Bertz CT molecular complexity index is 155. The molecule has 1 saturated carbocycles. The van der Waals surface area contributed by atoms with Crippen LogP contribution in [0, 0.1) is 17.2 Å². The molecule has 1 fully saturated rings. The van der Waals surface area contributed by atoms with Crippen molar-refractivity contribution in [2.45, 2.75) is 32.7 Å². The van der Waals surface area contributed by atoms with E-state index in [4.69, 9.17) is 5.26 Å². The predicted octanol–water partition coefficient (Wildman–Crippen LogP) is 1.63. The zero-order valence-corrected chi connectivity index (χ0v) is 7.38. The van der Waals surface area contributed by atoms with Crippen LogP contribution in [0.3, 0.4) is 0 Å². The summed E-state index contributed by atoms with van der Waals surface area (Å²) in [5.74, 6) is 0.190. The van der Waals surface area contributed by atoms with Crippen molar-refractivity contribution in [1.82, 2.24) is 4.90 Å². The van der Waals surface area contributed by atoms with Gasteiger partial charge in [0.2, 0.25) is 0 Å². The normalized spacial score (nSPS) is 19.8. The highest BCUT2D eigenvalue weighted by Gasteiger charge is 2.28. The second-order valence-corrected chi connectivity index (χ2v) is 3.35. The number of hydrogen-bond acceptors (Lipinski definition) is 2. The molecule has 0 bridgehead atoms. The van der Waals surface area contributed by atoms with Crippen LogP contribution < -0.4 is 0 Å². The molecule has 1 aliphatic rings. The van der Waals surface area contributed by atoms with E-state index in [1.807, 2.05) is 6.92 Å². The maximum Gasteiger partial charge on any atom is 0.0666 e. The Morgan fingerprint density at radius 3 is 2.64 bits per heavy atom. The standard InChI is InChI=1S/C9H16N2/c1-3-11(9-4-5-9)7-8(2)6-10/h8-9H,3-5,7H2,1-2H3. The van der Waals surface area contributed by atoms with Gasteiger partial charge in [-0.05, 0) is 26.3 Å². The van der Waals surface area contributed by atoms with Gasteiger partial charge in [-0.2, -0.15) is 5.26 Å². The lowest BCUT2D eigenvalue weighted by molar-refractivity contribution is 0.258. The topological polar surface area (TPSA) is 27.0 Å². The zero-order valence-electron chi connectivity index (χ0n) is 7.38. The molecule has 0 heterocycles. The quantitative estimate of drug-likeness (QED) is 0.612. The molecular weight excluding hydrogens is 136 g/mol. The molecule has 1 unspecified atom stereocenters. The van der Waals surface area contributed by atoms with E-state index in [-0.39, 0.29) is 5.92 Å². The van der Waals surface area contributed by atoms with Crippen LogP contribution in [0.2, 0.25) is 0 Å². The van der Waals surface area contributed by atoms with Crippen molar-refractivity contribution in [2.75, 3.05) is 13.1 Å². The lowest BCUT2D eigenvalue weighted by Gasteiger charge is -2.20. The van der Waals surface area contributed by atoms with E-state index in [2.05, 4.69) is 17.9 Å². The summed E-state index contributed by atoms with van der Waals surface area (Å²) in [6.07, 6.45) is 2.68. The number of nitrogens with zero attached hydrogens (tertiary/aromatic N) is 2. The van der Waals surface area contributed by atoms with Crippen LogP contribution in [-0.4, -0.2) is 24.0 Å². The van der Waals surface area contributed by atoms with E-state index in [1.165, 1.54) is 12.8 Å². The first-order valence-corrected chi connectivity index (χ1v) is 4.41. The first-order chi connectivity index (χ1) is 5.27. The van der Waals surface area contributed by atoms with Crippen molar-refractivity contribution in [3.63, 3.8) is 0 Å². The first kappa shape index (κ1) is 8.55. The first-order valence-electron chi connectivity index (χ1n) is 4.41. The van der Waals surface area contributed by atoms with Crippen molar-refractivity contribution >= 4 is 0 Å². The van der Waals surface area contributed by atoms with Crippen LogP contribution in [-0.2, 0) is 0 Å². The van der Waals surface area contributed by atoms with E-state index < -0.39 is 0 Å². The predicted molar refractivity (Wildman–Crippen MR) is 45.0 cm³/mol. The summed E-state index contributed by atoms with van der Waals surface area (Å²) in [6.45, 7) is 6.21. The molecule has 0 N–H and O–H groups in total. The van der Waals surface area contributed by atoms with E-state index in [0.29, 0.717) is 0 Å². The summed E-state index contributed by atoms with van der Waals surface area (Å²) in [6, 6.07) is 3.07. The number of rotatable bonds is 4. The molecule has 0 spiro atoms. The van der Waals surface area contributed by atoms with Gasteiger partial charge in [-0.25, -0.2) is 0 Å². The van der Waals surface area contributed by atoms with Crippen molar-refractivity contribution in [3.8, 4) is 6.07 Å². The van der Waals surface area contributed by atoms with Crippen LogP contribution in [0.15, 0.2) is 0 Å². The monoisotopic (exact) mass is 152 g/mol. The lowest BCUT2D eigenvalue weighted by Crippen LogP contribution is -2.29. The van der Waals surface area contributed by atoms with Crippen LogP contribution >= 0.6 is 0 Å². The average Bonchev–Trinajstić information content (AvgIpc) is 2.82. The molecular formula is C9H16N2. The Morgan fingerprint density at radius 1 is 1.64 bits per heavy atom. The van der Waals surface area contributed by atoms with Gasteiger partial charge in [0.25, 0.3) is 0 Å². The van der Waals surface area contributed by atoms with Crippen molar-refractivity contribution in [1.29, 1.82) is 5.26 Å². The van der Waals surface area contributed by atoms with Crippen LogP contribution in [0.5, 0.6) is 0 Å². The molecule has 0 aromatic carbocycles. The van der Waals surface area contributed by atoms with Gasteiger partial charge in [-0.1, -0.05) is 6.92 Å². The van der Waals surface area contributed by atoms with Gasteiger partial charge in [0.15, 0.2) is 0 Å². The van der Waals surface area contributed by atoms with Gasteiger partial charge in [0.1, 0.15) is 0 Å². The smallest absolute Gasteiger partial charge is 0.0666 e. The fourth-order valence-corrected chi connectivity index (χ4v) is 1.37. The molecule has 1 rings (SSSR count). The fourth-order valence-electron chi connectivity index (χ4n) is 1.37. The summed E-state index contributed by atoms with van der Waals surface area (Å²) in [7, 11) is 0.